The number of carbonyl (C=O) groups excluding carboxylic acids is 1. The van der Waals surface area contributed by atoms with Gasteiger partial charge in [0.05, 0.1) is 30.1 Å². The van der Waals surface area contributed by atoms with E-state index in [4.69, 9.17) is 10.5 Å². The van der Waals surface area contributed by atoms with Gasteiger partial charge in [-0.2, -0.15) is 0 Å². The molecule has 5 nitrogen and oxygen atoms in total. The molecule has 0 aliphatic rings. The van der Waals surface area contributed by atoms with Crippen molar-refractivity contribution in [2.75, 3.05) is 13.7 Å². The van der Waals surface area contributed by atoms with Crippen LogP contribution in [0.4, 0.5) is 0 Å². The largest absolute Gasteiger partial charge is 0.383 e. The van der Waals surface area contributed by atoms with E-state index in [0.717, 1.165) is 16.9 Å². The molecule has 1 aromatic heterocycles. The first kappa shape index (κ1) is 12.7. The number of carbonyl (C=O) groups is 1. The van der Waals surface area contributed by atoms with Crippen LogP contribution in [0.15, 0.2) is 24.3 Å². The fraction of sp³-hybridized carbons (Fsp3) is 0.385. The number of Topliss-reactive ketones (excluding diaryl/α,β-unsaturated/α-hetero) is 1. The van der Waals surface area contributed by atoms with Crippen molar-refractivity contribution in [1.29, 1.82) is 0 Å². The average molecular weight is 247 g/mol. The number of nitrogens with zero attached hydrogens (tertiary/aromatic N) is 2. The molecule has 2 N–H and O–H groups in total. The van der Waals surface area contributed by atoms with Crippen molar-refractivity contribution in [2.24, 2.45) is 12.8 Å². The zero-order valence-corrected chi connectivity index (χ0v) is 10.6. The molecule has 2 rings (SSSR count). The van der Waals surface area contributed by atoms with Gasteiger partial charge >= 0.3 is 0 Å². The van der Waals surface area contributed by atoms with Crippen LogP contribution in [0.1, 0.15) is 5.82 Å². The minimum Gasteiger partial charge on any atom is -0.383 e. The monoisotopic (exact) mass is 247 g/mol. The molecule has 0 saturated heterocycles. The van der Waals surface area contributed by atoms with Gasteiger partial charge in [0.25, 0.3) is 0 Å². The summed E-state index contributed by atoms with van der Waals surface area (Å²) in [5.41, 5.74) is 7.61. The van der Waals surface area contributed by atoms with Crippen molar-refractivity contribution in [3.63, 3.8) is 0 Å². The molecule has 1 atom stereocenters. The predicted molar refractivity (Wildman–Crippen MR) is 69.3 cm³/mol. The number of aromatic nitrogens is 2. The molecule has 96 valence electrons. The maximum Gasteiger partial charge on any atom is 0.159 e. The second kappa shape index (κ2) is 5.29. The van der Waals surface area contributed by atoms with E-state index in [9.17, 15) is 4.79 Å². The van der Waals surface area contributed by atoms with E-state index in [0.29, 0.717) is 0 Å². The Morgan fingerprint density at radius 1 is 1.50 bits per heavy atom. The summed E-state index contributed by atoms with van der Waals surface area (Å²) < 4.78 is 6.80. The average Bonchev–Trinajstić information content (AvgIpc) is 2.67. The van der Waals surface area contributed by atoms with Crippen molar-refractivity contribution in [1.82, 2.24) is 9.55 Å². The topological polar surface area (TPSA) is 70.1 Å². The van der Waals surface area contributed by atoms with E-state index >= 15 is 0 Å². The Bertz CT molecular complexity index is 562. The Kier molecular flexibility index (Phi) is 3.74. The molecule has 18 heavy (non-hydrogen) atoms. The van der Waals surface area contributed by atoms with Gasteiger partial charge in [0.15, 0.2) is 5.78 Å². The number of imidazole rings is 1. The summed E-state index contributed by atoms with van der Waals surface area (Å²) in [6.45, 7) is 0.239. The normalized spacial score (nSPS) is 12.8. The van der Waals surface area contributed by atoms with E-state index in [2.05, 4.69) is 4.98 Å². The summed E-state index contributed by atoms with van der Waals surface area (Å²) in [5.74, 6) is 0.669. The van der Waals surface area contributed by atoms with Crippen molar-refractivity contribution in [3.05, 3.63) is 30.1 Å². The molecule has 1 heterocycles. The minimum absolute atomic E-state index is 0.0599. The number of ketones is 1. The second-order valence-corrected chi connectivity index (χ2v) is 4.28. The van der Waals surface area contributed by atoms with Crippen LogP contribution in [-0.4, -0.2) is 35.1 Å². The molecule has 0 radical (unpaired) electrons. The first-order valence-electron chi connectivity index (χ1n) is 5.81. The van der Waals surface area contributed by atoms with Crippen LogP contribution in [0.2, 0.25) is 0 Å². The molecule has 0 spiro atoms. The molecule has 2 aromatic rings. The van der Waals surface area contributed by atoms with Crippen LogP contribution < -0.4 is 5.73 Å². The highest BCUT2D eigenvalue weighted by molar-refractivity contribution is 5.86. The third-order valence-corrected chi connectivity index (χ3v) is 2.97. The van der Waals surface area contributed by atoms with Crippen molar-refractivity contribution < 1.29 is 9.53 Å². The third kappa shape index (κ3) is 2.42. The number of fused-ring (bicyclic) bond motifs is 1. The van der Waals surface area contributed by atoms with E-state index in [1.165, 1.54) is 7.11 Å². The van der Waals surface area contributed by atoms with Crippen LogP contribution in [0, 0.1) is 0 Å². The molecule has 0 saturated carbocycles. The number of hydrogen-bond acceptors (Lipinski definition) is 4. The maximum absolute atomic E-state index is 11.9. The van der Waals surface area contributed by atoms with Gasteiger partial charge in [0, 0.05) is 14.2 Å². The molecule has 5 heteroatoms. The van der Waals surface area contributed by atoms with Gasteiger partial charge in [-0.05, 0) is 12.1 Å². The summed E-state index contributed by atoms with van der Waals surface area (Å²) in [5, 5.41) is 0. The van der Waals surface area contributed by atoms with Crippen LogP contribution >= 0.6 is 0 Å². The standard InChI is InChI=1S/C13H17N3O2/c1-16-11-6-4-3-5-10(11)15-13(16)7-12(17)9(14)8-18-2/h3-6,9H,7-8,14H2,1-2H3. The minimum atomic E-state index is -0.588. The maximum atomic E-state index is 11.9. The molecular formula is C13H17N3O2. The van der Waals surface area contributed by atoms with Gasteiger partial charge in [-0.25, -0.2) is 4.98 Å². The molecule has 0 aliphatic heterocycles. The van der Waals surface area contributed by atoms with Gasteiger partial charge in [0.1, 0.15) is 5.82 Å². The predicted octanol–water partition coefficient (Wildman–Crippen LogP) is 0.659. The molecule has 0 amide bonds. The zero-order valence-electron chi connectivity index (χ0n) is 10.6. The second-order valence-electron chi connectivity index (χ2n) is 4.28. The molecular weight excluding hydrogens is 230 g/mol. The lowest BCUT2D eigenvalue weighted by Gasteiger charge is -2.08. The number of ether oxygens (including phenoxy) is 1. The van der Waals surface area contributed by atoms with Crippen LogP contribution in [-0.2, 0) is 23.0 Å². The van der Waals surface area contributed by atoms with E-state index in [-0.39, 0.29) is 18.8 Å². The first-order valence-corrected chi connectivity index (χ1v) is 5.81. The summed E-state index contributed by atoms with van der Waals surface area (Å²) in [6.07, 6.45) is 0.232. The fourth-order valence-electron chi connectivity index (χ4n) is 1.91. The number of hydrogen-bond donors (Lipinski definition) is 1. The van der Waals surface area contributed by atoms with E-state index in [1.54, 1.807) is 0 Å². The van der Waals surface area contributed by atoms with Gasteiger partial charge in [0.2, 0.25) is 0 Å². The lowest BCUT2D eigenvalue weighted by Crippen LogP contribution is -2.36. The molecule has 0 aliphatic carbocycles. The summed E-state index contributed by atoms with van der Waals surface area (Å²) in [4.78, 5) is 16.3. The number of rotatable bonds is 5. The van der Waals surface area contributed by atoms with E-state index < -0.39 is 6.04 Å². The van der Waals surface area contributed by atoms with Gasteiger partial charge in [-0.1, -0.05) is 12.1 Å². The number of para-hydroxylation sites is 2. The molecule has 1 unspecified atom stereocenters. The Morgan fingerprint density at radius 3 is 2.89 bits per heavy atom. The molecule has 0 bridgehead atoms. The number of nitrogens with two attached hydrogens (primary N) is 1. The summed E-state index contributed by atoms with van der Waals surface area (Å²) in [7, 11) is 3.43. The quantitative estimate of drug-likeness (QED) is 0.842. The smallest absolute Gasteiger partial charge is 0.159 e. The zero-order chi connectivity index (χ0) is 13.1. The lowest BCUT2D eigenvalue weighted by molar-refractivity contribution is -0.120. The number of benzene rings is 1. The van der Waals surface area contributed by atoms with Crippen LogP contribution in [0.5, 0.6) is 0 Å². The van der Waals surface area contributed by atoms with Crippen molar-refractivity contribution in [3.8, 4) is 0 Å². The van der Waals surface area contributed by atoms with Gasteiger partial charge < -0.3 is 15.0 Å². The summed E-state index contributed by atoms with van der Waals surface area (Å²) in [6, 6.07) is 7.20. The first-order chi connectivity index (χ1) is 8.63. The van der Waals surface area contributed by atoms with Gasteiger partial charge in [-0.3, -0.25) is 4.79 Å². The molecule has 1 aromatic carbocycles. The highest BCUT2D eigenvalue weighted by Crippen LogP contribution is 2.14. The Morgan fingerprint density at radius 2 is 2.22 bits per heavy atom. The number of methoxy groups -OCH3 is 1. The van der Waals surface area contributed by atoms with Crippen LogP contribution in [0.3, 0.4) is 0 Å². The molecule has 0 fully saturated rings. The third-order valence-electron chi connectivity index (χ3n) is 2.97. The number of aryl methyl sites for hydroxylation is 1. The van der Waals surface area contributed by atoms with Gasteiger partial charge in [-0.15, -0.1) is 0 Å². The highest BCUT2D eigenvalue weighted by atomic mass is 16.5. The summed E-state index contributed by atoms with van der Waals surface area (Å²) >= 11 is 0. The van der Waals surface area contributed by atoms with Crippen molar-refractivity contribution in [2.45, 2.75) is 12.5 Å². The Labute approximate surface area is 106 Å². The Hall–Kier alpha value is -1.72. The van der Waals surface area contributed by atoms with Crippen molar-refractivity contribution >= 4 is 16.8 Å². The Balaban J connectivity index is 2.22. The van der Waals surface area contributed by atoms with Crippen LogP contribution in [0.25, 0.3) is 11.0 Å². The SMILES string of the molecule is COCC(N)C(=O)Cc1nc2ccccc2n1C. The lowest BCUT2D eigenvalue weighted by atomic mass is 10.1. The van der Waals surface area contributed by atoms with E-state index in [1.807, 2.05) is 35.9 Å². The highest BCUT2D eigenvalue weighted by Gasteiger charge is 2.17. The fourth-order valence-corrected chi connectivity index (χ4v) is 1.91.